The van der Waals surface area contributed by atoms with Crippen LogP contribution in [0.4, 0.5) is 0 Å². The lowest BCUT2D eigenvalue weighted by Crippen LogP contribution is -2.30. The van der Waals surface area contributed by atoms with Gasteiger partial charge in [0.2, 0.25) is 11.7 Å². The summed E-state index contributed by atoms with van der Waals surface area (Å²) in [5, 5.41) is 2.95. The fraction of sp³-hybridized carbons (Fsp3) is 0.375. The van der Waals surface area contributed by atoms with Crippen molar-refractivity contribution in [3.8, 4) is 28.4 Å². The van der Waals surface area contributed by atoms with Crippen molar-refractivity contribution >= 4 is 23.5 Å². The lowest BCUT2D eigenvalue weighted by Gasteiger charge is -2.20. The van der Waals surface area contributed by atoms with Gasteiger partial charge in [0.1, 0.15) is 5.78 Å². The summed E-state index contributed by atoms with van der Waals surface area (Å²) < 4.78 is 16.9. The maximum atomic E-state index is 12.9. The number of methoxy groups -OCH3 is 3. The van der Waals surface area contributed by atoms with Gasteiger partial charge in [-0.2, -0.15) is 0 Å². The molecular weight excluding hydrogens is 430 g/mol. The Labute approximate surface area is 191 Å². The molecule has 3 rings (SSSR count). The Bertz CT molecular complexity index is 1110. The molecule has 170 valence electrons. The zero-order chi connectivity index (χ0) is 23.4. The topological polar surface area (TPSA) is 90.9 Å². The summed E-state index contributed by atoms with van der Waals surface area (Å²) >= 11 is 1.36. The highest BCUT2D eigenvalue weighted by Crippen LogP contribution is 2.50. The molecule has 1 N–H and O–H groups in total. The summed E-state index contributed by atoms with van der Waals surface area (Å²) in [5.41, 5.74) is 3.06. The Morgan fingerprint density at radius 3 is 2.41 bits per heavy atom. The molecule has 0 heterocycles. The number of rotatable bonds is 7. The molecule has 7 nitrogen and oxygen atoms in total. The highest BCUT2D eigenvalue weighted by molar-refractivity contribution is 7.98. The van der Waals surface area contributed by atoms with Gasteiger partial charge in [-0.15, -0.1) is 11.8 Å². The number of amides is 1. The Morgan fingerprint density at radius 2 is 1.81 bits per heavy atom. The van der Waals surface area contributed by atoms with Crippen LogP contribution >= 0.6 is 11.8 Å². The Hall–Kier alpha value is -3.00. The van der Waals surface area contributed by atoms with E-state index in [9.17, 15) is 14.4 Å². The van der Waals surface area contributed by atoms with Crippen LogP contribution < -0.4 is 25.0 Å². The van der Waals surface area contributed by atoms with Gasteiger partial charge in [-0.3, -0.25) is 14.4 Å². The number of benzene rings is 1. The second-order valence-electron chi connectivity index (χ2n) is 7.50. The molecule has 0 bridgehead atoms. The van der Waals surface area contributed by atoms with E-state index in [1.54, 1.807) is 33.5 Å². The number of fused-ring (bicyclic) bond motifs is 3. The van der Waals surface area contributed by atoms with E-state index in [1.807, 2.05) is 18.4 Å². The number of carbonyl (C=O) groups excluding carboxylic acids is 2. The second kappa shape index (κ2) is 10.1. The molecule has 0 spiro atoms. The van der Waals surface area contributed by atoms with E-state index in [0.29, 0.717) is 40.5 Å². The van der Waals surface area contributed by atoms with Crippen molar-refractivity contribution in [1.29, 1.82) is 0 Å². The minimum atomic E-state index is -0.444. The maximum Gasteiger partial charge on any atom is 0.227 e. The van der Waals surface area contributed by atoms with Gasteiger partial charge >= 0.3 is 0 Å². The predicted octanol–water partition coefficient (Wildman–Crippen LogP) is 3.54. The molecule has 2 aromatic carbocycles. The van der Waals surface area contributed by atoms with E-state index in [-0.39, 0.29) is 23.5 Å². The van der Waals surface area contributed by atoms with Crippen molar-refractivity contribution < 1.29 is 23.8 Å². The van der Waals surface area contributed by atoms with Gasteiger partial charge in [-0.25, -0.2) is 0 Å². The van der Waals surface area contributed by atoms with Crippen molar-refractivity contribution in [2.75, 3.05) is 27.6 Å². The van der Waals surface area contributed by atoms with Crippen LogP contribution in [0.5, 0.6) is 17.2 Å². The number of hydrogen-bond acceptors (Lipinski definition) is 7. The first-order valence-electron chi connectivity index (χ1n) is 10.2. The summed E-state index contributed by atoms with van der Waals surface area (Å²) in [5.74, 6) is 0.911. The number of ketones is 1. The largest absolute Gasteiger partial charge is 0.493 e. The third kappa shape index (κ3) is 4.60. The van der Waals surface area contributed by atoms with Crippen molar-refractivity contribution in [3.63, 3.8) is 0 Å². The molecule has 1 amide bonds. The maximum absolute atomic E-state index is 12.9. The van der Waals surface area contributed by atoms with Crippen molar-refractivity contribution in [2.24, 2.45) is 0 Å². The van der Waals surface area contributed by atoms with Gasteiger partial charge in [0.15, 0.2) is 16.9 Å². The van der Waals surface area contributed by atoms with E-state index < -0.39 is 6.04 Å². The number of ether oxygens (including phenoxy) is 3. The average molecular weight is 458 g/mol. The molecule has 0 aliphatic heterocycles. The van der Waals surface area contributed by atoms with Crippen LogP contribution in [-0.2, 0) is 16.0 Å². The quantitative estimate of drug-likeness (QED) is 0.502. The molecule has 1 aliphatic carbocycles. The summed E-state index contributed by atoms with van der Waals surface area (Å²) in [7, 11) is 4.67. The number of hydrogen-bond donors (Lipinski definition) is 1. The lowest BCUT2D eigenvalue weighted by atomic mass is 9.95. The third-order valence-corrected chi connectivity index (χ3v) is 6.24. The van der Waals surface area contributed by atoms with Gasteiger partial charge in [0.05, 0.1) is 38.7 Å². The summed E-state index contributed by atoms with van der Waals surface area (Å²) in [6.45, 7) is 1.38. The zero-order valence-electron chi connectivity index (χ0n) is 18.9. The number of carbonyl (C=O) groups is 2. The summed E-state index contributed by atoms with van der Waals surface area (Å²) in [6, 6.07) is 6.70. The average Bonchev–Trinajstić information content (AvgIpc) is 3.00. The van der Waals surface area contributed by atoms with Crippen LogP contribution in [0, 0.1) is 0 Å². The molecule has 0 fully saturated rings. The SMILES string of the molecule is COc1cc2c(c(OC)c1OC)-c1ccc(SC)c(=O)cc1[C@@H](NC(=O)CC(C)=O)CC2. The van der Waals surface area contributed by atoms with Gasteiger partial charge in [0, 0.05) is 5.56 Å². The van der Waals surface area contributed by atoms with Crippen LogP contribution in [0.25, 0.3) is 11.1 Å². The first kappa shape index (κ1) is 23.7. The molecule has 2 aromatic rings. The lowest BCUT2D eigenvalue weighted by molar-refractivity contribution is -0.127. The van der Waals surface area contributed by atoms with Gasteiger partial charge in [-0.1, -0.05) is 6.07 Å². The smallest absolute Gasteiger partial charge is 0.227 e. The third-order valence-electron chi connectivity index (χ3n) is 5.47. The standard InChI is InChI=1S/C24H27NO6S/c1-13(26)10-21(28)25-17-8-6-14-11-19(29-2)23(30-3)24(31-4)22(14)15-7-9-20(32-5)18(27)12-16(15)17/h7,9,11-12,17H,6,8,10H2,1-5H3,(H,25,28)/t17-/m0/s1. The molecule has 0 radical (unpaired) electrons. The minimum absolute atomic E-state index is 0.132. The van der Waals surface area contributed by atoms with Crippen molar-refractivity contribution in [1.82, 2.24) is 5.32 Å². The van der Waals surface area contributed by atoms with Crippen LogP contribution in [-0.4, -0.2) is 39.3 Å². The Morgan fingerprint density at radius 1 is 1.09 bits per heavy atom. The van der Waals surface area contributed by atoms with E-state index in [4.69, 9.17) is 14.2 Å². The first-order chi connectivity index (χ1) is 15.3. The monoisotopic (exact) mass is 457 g/mol. The number of nitrogens with one attached hydrogen (secondary N) is 1. The van der Waals surface area contributed by atoms with E-state index in [1.165, 1.54) is 18.7 Å². The molecule has 1 aliphatic rings. The van der Waals surface area contributed by atoms with Crippen LogP contribution in [0.2, 0.25) is 0 Å². The van der Waals surface area contributed by atoms with Crippen LogP contribution in [0.15, 0.2) is 34.0 Å². The number of Topliss-reactive ketones (excluding diaryl/α,β-unsaturated/α-hetero) is 1. The number of aryl methyl sites for hydroxylation is 1. The van der Waals surface area contributed by atoms with Crippen LogP contribution in [0.3, 0.4) is 0 Å². The molecule has 0 saturated carbocycles. The molecule has 0 aromatic heterocycles. The van der Waals surface area contributed by atoms with Gasteiger partial charge < -0.3 is 19.5 Å². The van der Waals surface area contributed by atoms with Crippen molar-refractivity contribution in [2.45, 2.75) is 37.1 Å². The van der Waals surface area contributed by atoms with Gasteiger partial charge in [0.25, 0.3) is 0 Å². The Kier molecular flexibility index (Phi) is 7.45. The second-order valence-corrected chi connectivity index (χ2v) is 8.34. The van der Waals surface area contributed by atoms with Crippen LogP contribution in [0.1, 0.15) is 36.9 Å². The fourth-order valence-corrected chi connectivity index (χ4v) is 4.55. The zero-order valence-corrected chi connectivity index (χ0v) is 19.7. The number of thioether (sulfide) groups is 1. The summed E-state index contributed by atoms with van der Waals surface area (Å²) in [6.07, 6.45) is 2.78. The van der Waals surface area contributed by atoms with E-state index >= 15 is 0 Å². The predicted molar refractivity (Wildman–Crippen MR) is 124 cm³/mol. The molecule has 1 atom stereocenters. The normalized spacial score (nSPS) is 14.5. The molecule has 32 heavy (non-hydrogen) atoms. The first-order valence-corrected chi connectivity index (χ1v) is 11.4. The molecule has 0 saturated heterocycles. The van der Waals surface area contributed by atoms with E-state index in [2.05, 4.69) is 5.32 Å². The highest BCUT2D eigenvalue weighted by atomic mass is 32.2. The summed E-state index contributed by atoms with van der Waals surface area (Å²) in [4.78, 5) is 37.4. The Balaban J connectivity index is 2.31. The minimum Gasteiger partial charge on any atom is -0.493 e. The molecule has 0 unspecified atom stereocenters. The van der Waals surface area contributed by atoms with Crippen molar-refractivity contribution in [3.05, 3.63) is 45.6 Å². The fourth-order valence-electron chi connectivity index (χ4n) is 4.09. The molecule has 8 heteroatoms. The molecular formula is C24H27NO6S. The van der Waals surface area contributed by atoms with Gasteiger partial charge in [-0.05, 0) is 60.9 Å². The van der Waals surface area contributed by atoms with E-state index in [0.717, 1.165) is 16.7 Å². The highest BCUT2D eigenvalue weighted by Gasteiger charge is 2.29.